The van der Waals surface area contributed by atoms with E-state index in [1.165, 1.54) is 37.8 Å². The van der Waals surface area contributed by atoms with E-state index < -0.39 is 0 Å². The lowest BCUT2D eigenvalue weighted by atomic mass is 10.2. The molecule has 0 spiro atoms. The van der Waals surface area contributed by atoms with Gasteiger partial charge >= 0.3 is 0 Å². The smallest absolute Gasteiger partial charge is 0.272 e. The number of hydrogen-bond acceptors (Lipinski definition) is 4. The molecule has 2 aliphatic rings. The monoisotopic (exact) mass is 382 g/mol. The first-order valence-corrected chi connectivity index (χ1v) is 10.2. The van der Waals surface area contributed by atoms with Gasteiger partial charge in [-0.25, -0.2) is 4.39 Å². The number of hydrogen-bond donors (Lipinski definition) is 0. The normalized spacial score (nSPS) is 18.1. The van der Waals surface area contributed by atoms with Gasteiger partial charge in [0.25, 0.3) is 5.91 Å². The number of aromatic nitrogens is 1. The predicted octanol–water partition coefficient (Wildman–Crippen LogP) is 3.56. The van der Waals surface area contributed by atoms with E-state index in [1.54, 1.807) is 18.3 Å². The molecule has 148 valence electrons. The molecule has 1 aromatic heterocycles. The Balaban J connectivity index is 1.39. The van der Waals surface area contributed by atoms with Crippen LogP contribution in [0.25, 0.3) is 0 Å². The molecule has 0 saturated carbocycles. The van der Waals surface area contributed by atoms with E-state index in [1.807, 2.05) is 17.0 Å². The van der Waals surface area contributed by atoms with Gasteiger partial charge in [-0.15, -0.1) is 0 Å². The first kappa shape index (κ1) is 18.7. The minimum absolute atomic E-state index is 0.00423. The molecule has 0 aliphatic carbocycles. The number of anilines is 2. The molecule has 2 aromatic rings. The fourth-order valence-corrected chi connectivity index (χ4v) is 4.04. The van der Waals surface area contributed by atoms with E-state index in [4.69, 9.17) is 0 Å². The molecule has 0 atom stereocenters. The quantitative estimate of drug-likeness (QED) is 0.814. The fraction of sp³-hybridized carbons (Fsp3) is 0.455. The van der Waals surface area contributed by atoms with Crippen molar-refractivity contribution in [1.82, 2.24) is 9.88 Å². The van der Waals surface area contributed by atoms with E-state index in [2.05, 4.69) is 14.8 Å². The number of pyridine rings is 1. The van der Waals surface area contributed by atoms with Gasteiger partial charge in [0.15, 0.2) is 0 Å². The zero-order valence-electron chi connectivity index (χ0n) is 16.2. The maximum Gasteiger partial charge on any atom is 0.272 e. The predicted molar refractivity (Wildman–Crippen MR) is 109 cm³/mol. The molecule has 3 heterocycles. The second kappa shape index (κ2) is 8.59. The lowest BCUT2D eigenvalue weighted by Gasteiger charge is -2.36. The van der Waals surface area contributed by atoms with E-state index >= 15 is 0 Å². The number of benzene rings is 1. The van der Waals surface area contributed by atoms with Crippen molar-refractivity contribution in [2.24, 2.45) is 0 Å². The molecule has 0 N–H and O–H groups in total. The van der Waals surface area contributed by atoms with Gasteiger partial charge < -0.3 is 14.7 Å². The van der Waals surface area contributed by atoms with Gasteiger partial charge in [0.2, 0.25) is 0 Å². The van der Waals surface area contributed by atoms with Crippen LogP contribution in [0.15, 0.2) is 42.6 Å². The average Bonchev–Trinajstić information content (AvgIpc) is 3.04. The summed E-state index contributed by atoms with van der Waals surface area (Å²) in [6.45, 7) is 4.87. The molecule has 28 heavy (non-hydrogen) atoms. The largest absolute Gasteiger partial charge is 0.371 e. The summed E-state index contributed by atoms with van der Waals surface area (Å²) in [5.41, 5.74) is 2.62. The van der Waals surface area contributed by atoms with Gasteiger partial charge in [0, 0.05) is 56.8 Å². The van der Waals surface area contributed by atoms with Gasteiger partial charge in [-0.1, -0.05) is 12.8 Å². The van der Waals surface area contributed by atoms with Gasteiger partial charge in [0.1, 0.15) is 11.5 Å². The Bertz CT molecular complexity index is 794. The number of carbonyl (C=O) groups is 1. The Hall–Kier alpha value is -2.63. The first-order chi connectivity index (χ1) is 13.7. The summed E-state index contributed by atoms with van der Waals surface area (Å²) in [5.74, 6) is -0.233. The molecule has 1 amide bonds. The highest BCUT2D eigenvalue weighted by atomic mass is 19.1. The second-order valence-electron chi connectivity index (χ2n) is 7.56. The molecule has 0 radical (unpaired) electrons. The number of rotatable bonds is 3. The van der Waals surface area contributed by atoms with Crippen LogP contribution < -0.4 is 9.80 Å². The summed E-state index contributed by atoms with van der Waals surface area (Å²) < 4.78 is 13.1. The number of piperazine rings is 1. The van der Waals surface area contributed by atoms with Crippen molar-refractivity contribution in [3.8, 4) is 0 Å². The van der Waals surface area contributed by atoms with E-state index in [0.29, 0.717) is 18.8 Å². The van der Waals surface area contributed by atoms with E-state index in [0.717, 1.165) is 37.6 Å². The van der Waals surface area contributed by atoms with Crippen LogP contribution in [-0.2, 0) is 0 Å². The van der Waals surface area contributed by atoms with Crippen molar-refractivity contribution in [1.29, 1.82) is 0 Å². The molecule has 6 heteroatoms. The summed E-state index contributed by atoms with van der Waals surface area (Å²) in [7, 11) is 0. The summed E-state index contributed by atoms with van der Waals surface area (Å²) in [6, 6.07) is 10.5. The maximum absolute atomic E-state index is 13.1. The highest BCUT2D eigenvalue weighted by Gasteiger charge is 2.24. The minimum Gasteiger partial charge on any atom is -0.371 e. The van der Waals surface area contributed by atoms with Crippen LogP contribution in [0.1, 0.15) is 36.2 Å². The standard InChI is InChI=1S/C22H27FN4O/c23-18-5-7-19(8-6-18)26-13-15-27(16-14-26)22(28)21-17-20(9-10-24-21)25-11-3-1-2-4-12-25/h5-10,17H,1-4,11-16H2. The van der Waals surface area contributed by atoms with Gasteiger partial charge in [0.05, 0.1) is 0 Å². The van der Waals surface area contributed by atoms with Crippen molar-refractivity contribution in [2.75, 3.05) is 49.1 Å². The van der Waals surface area contributed by atoms with Gasteiger partial charge in [-0.05, 0) is 49.2 Å². The SMILES string of the molecule is O=C(c1cc(N2CCCCCC2)ccn1)N1CCN(c2ccc(F)cc2)CC1. The number of nitrogens with zero attached hydrogens (tertiary/aromatic N) is 4. The highest BCUT2D eigenvalue weighted by molar-refractivity contribution is 5.93. The summed E-state index contributed by atoms with van der Waals surface area (Å²) in [6.07, 6.45) is 6.73. The molecule has 2 aliphatic heterocycles. The molecule has 0 bridgehead atoms. The Morgan fingerprint density at radius 2 is 1.43 bits per heavy atom. The van der Waals surface area contributed by atoms with Crippen LogP contribution >= 0.6 is 0 Å². The topological polar surface area (TPSA) is 39.7 Å². The summed E-state index contributed by atoms with van der Waals surface area (Å²) in [4.78, 5) is 23.7. The second-order valence-corrected chi connectivity index (χ2v) is 7.56. The Labute approximate surface area is 165 Å². The average molecular weight is 382 g/mol. The van der Waals surface area contributed by atoms with Crippen molar-refractivity contribution in [2.45, 2.75) is 25.7 Å². The third kappa shape index (κ3) is 4.26. The van der Waals surface area contributed by atoms with Crippen LogP contribution in [0.4, 0.5) is 15.8 Å². The summed E-state index contributed by atoms with van der Waals surface area (Å²) >= 11 is 0. The third-order valence-corrected chi connectivity index (χ3v) is 5.69. The lowest BCUT2D eigenvalue weighted by molar-refractivity contribution is 0.0741. The van der Waals surface area contributed by atoms with Crippen molar-refractivity contribution in [3.63, 3.8) is 0 Å². The van der Waals surface area contributed by atoms with Crippen molar-refractivity contribution >= 4 is 17.3 Å². The molecular formula is C22H27FN4O. The molecule has 2 saturated heterocycles. The fourth-order valence-electron chi connectivity index (χ4n) is 4.04. The van der Waals surface area contributed by atoms with E-state index in [9.17, 15) is 9.18 Å². The summed E-state index contributed by atoms with van der Waals surface area (Å²) in [5, 5.41) is 0. The van der Waals surface area contributed by atoms with Gasteiger partial charge in [-0.3, -0.25) is 9.78 Å². The number of amides is 1. The van der Waals surface area contributed by atoms with Gasteiger partial charge in [-0.2, -0.15) is 0 Å². The van der Waals surface area contributed by atoms with Crippen LogP contribution in [0.5, 0.6) is 0 Å². The highest BCUT2D eigenvalue weighted by Crippen LogP contribution is 2.21. The van der Waals surface area contributed by atoms with Crippen LogP contribution in [0.2, 0.25) is 0 Å². The Morgan fingerprint density at radius 3 is 2.11 bits per heavy atom. The first-order valence-electron chi connectivity index (χ1n) is 10.2. The molecule has 1 aromatic carbocycles. The van der Waals surface area contributed by atoms with Crippen LogP contribution in [0, 0.1) is 5.82 Å². The molecule has 0 unspecified atom stereocenters. The maximum atomic E-state index is 13.1. The Kier molecular flexibility index (Phi) is 5.74. The zero-order chi connectivity index (χ0) is 19.3. The number of halogens is 1. The van der Waals surface area contributed by atoms with Crippen molar-refractivity contribution in [3.05, 3.63) is 54.1 Å². The Morgan fingerprint density at radius 1 is 0.786 bits per heavy atom. The molecule has 5 nitrogen and oxygen atoms in total. The molecule has 2 fully saturated rings. The third-order valence-electron chi connectivity index (χ3n) is 5.69. The van der Waals surface area contributed by atoms with Crippen LogP contribution in [0.3, 0.4) is 0 Å². The lowest BCUT2D eigenvalue weighted by Crippen LogP contribution is -2.49. The van der Waals surface area contributed by atoms with Crippen molar-refractivity contribution < 1.29 is 9.18 Å². The number of carbonyl (C=O) groups excluding carboxylic acids is 1. The van der Waals surface area contributed by atoms with Crippen LogP contribution in [-0.4, -0.2) is 55.1 Å². The molecular weight excluding hydrogens is 355 g/mol. The molecule has 4 rings (SSSR count). The zero-order valence-corrected chi connectivity index (χ0v) is 16.2. The minimum atomic E-state index is -0.229. The van der Waals surface area contributed by atoms with E-state index in [-0.39, 0.29) is 11.7 Å².